The first-order valence-electron chi connectivity index (χ1n) is 7.81. The fourth-order valence-electron chi connectivity index (χ4n) is 2.57. The minimum absolute atomic E-state index is 0.0882. The molecule has 1 aromatic carbocycles. The molecule has 1 aromatic heterocycles. The summed E-state index contributed by atoms with van der Waals surface area (Å²) in [6.45, 7) is 5.79. The van der Waals surface area contributed by atoms with E-state index in [0.29, 0.717) is 0 Å². The number of carbonyl (C=O) groups excluding carboxylic acids is 1. The van der Waals surface area contributed by atoms with E-state index in [2.05, 4.69) is 10.4 Å². The van der Waals surface area contributed by atoms with Crippen LogP contribution in [0.25, 0.3) is 0 Å². The summed E-state index contributed by atoms with van der Waals surface area (Å²) in [7, 11) is 1.75. The van der Waals surface area contributed by atoms with Crippen LogP contribution in [-0.4, -0.2) is 31.7 Å². The Kier molecular flexibility index (Phi) is 5.10. The van der Waals surface area contributed by atoms with Gasteiger partial charge in [0.15, 0.2) is 0 Å². The molecule has 2 N–H and O–H groups in total. The van der Waals surface area contributed by atoms with Gasteiger partial charge < -0.3 is 10.4 Å². The normalized spacial score (nSPS) is 12.5. The quantitative estimate of drug-likeness (QED) is 0.623. The number of rotatable bonds is 5. The molecule has 1 unspecified atom stereocenters. The second-order valence-corrected chi connectivity index (χ2v) is 7.05. The zero-order valence-corrected chi connectivity index (χ0v) is 14.9. The van der Waals surface area contributed by atoms with Gasteiger partial charge in [0.1, 0.15) is 0 Å². The monoisotopic (exact) mass is 360 g/mol. The summed E-state index contributed by atoms with van der Waals surface area (Å²) in [6.07, 6.45) is 3.40. The third kappa shape index (κ3) is 4.24. The number of nitro benzene ring substituents is 1. The number of non-ortho nitro benzene ring substituents is 1. The van der Waals surface area contributed by atoms with Crippen LogP contribution in [0.1, 0.15) is 53.1 Å². The number of hydrogen-bond donors (Lipinski definition) is 2. The van der Waals surface area contributed by atoms with Crippen LogP contribution in [0, 0.1) is 15.5 Å². The predicted molar refractivity (Wildman–Crippen MR) is 92.9 cm³/mol. The molecule has 0 aliphatic heterocycles. The number of carbonyl (C=O) groups is 2. The maximum absolute atomic E-state index is 12.7. The standard InChI is InChI=1S/C17H20N4O5/c1-17(2,3)14(12-8-18-20(4)9-12)19-15(22)10-5-11(16(23)24)7-13(6-10)21(25)26/h5-9,14H,1-4H3,(H,19,22)(H,23,24). The molecule has 0 saturated carbocycles. The SMILES string of the molecule is Cn1cc(C(NC(=O)c2cc(C(=O)O)cc([N+](=O)[O-])c2)C(C)(C)C)cn1. The van der Waals surface area contributed by atoms with Gasteiger partial charge in [0.2, 0.25) is 0 Å². The molecule has 0 spiro atoms. The number of carboxylic acid groups (broad SMARTS) is 1. The molecule has 138 valence electrons. The zero-order valence-electron chi connectivity index (χ0n) is 14.9. The van der Waals surface area contributed by atoms with Crippen LogP contribution in [0.15, 0.2) is 30.6 Å². The van der Waals surface area contributed by atoms with Crippen molar-refractivity contribution in [2.24, 2.45) is 12.5 Å². The van der Waals surface area contributed by atoms with Gasteiger partial charge in [0.25, 0.3) is 11.6 Å². The molecule has 1 atom stereocenters. The van der Waals surface area contributed by atoms with E-state index < -0.39 is 28.5 Å². The Hall–Kier alpha value is -3.23. The van der Waals surface area contributed by atoms with Gasteiger partial charge in [-0.15, -0.1) is 0 Å². The molecule has 0 aliphatic rings. The lowest BCUT2D eigenvalue weighted by molar-refractivity contribution is -0.384. The van der Waals surface area contributed by atoms with E-state index in [9.17, 15) is 19.7 Å². The summed E-state index contributed by atoms with van der Waals surface area (Å²) in [5.41, 5.74) is -0.455. The first kappa shape index (κ1) is 19.1. The van der Waals surface area contributed by atoms with Gasteiger partial charge in [0, 0.05) is 36.5 Å². The Labute approximate surface area is 149 Å². The van der Waals surface area contributed by atoms with Crippen LogP contribution in [0.5, 0.6) is 0 Å². The number of hydrogen-bond acceptors (Lipinski definition) is 5. The van der Waals surface area contributed by atoms with E-state index >= 15 is 0 Å². The fraction of sp³-hybridized carbons (Fsp3) is 0.353. The number of aromatic nitrogens is 2. The first-order valence-corrected chi connectivity index (χ1v) is 7.81. The lowest BCUT2D eigenvalue weighted by Crippen LogP contribution is -2.36. The molecule has 26 heavy (non-hydrogen) atoms. The smallest absolute Gasteiger partial charge is 0.335 e. The zero-order chi connectivity index (χ0) is 19.6. The van der Waals surface area contributed by atoms with Crippen molar-refractivity contribution in [3.8, 4) is 0 Å². The van der Waals surface area contributed by atoms with E-state index in [0.717, 1.165) is 23.8 Å². The summed E-state index contributed by atoms with van der Waals surface area (Å²) in [4.78, 5) is 34.2. The fourth-order valence-corrected chi connectivity index (χ4v) is 2.57. The van der Waals surface area contributed by atoms with E-state index in [-0.39, 0.29) is 16.5 Å². The summed E-state index contributed by atoms with van der Waals surface area (Å²) in [5, 5.41) is 27.1. The van der Waals surface area contributed by atoms with Crippen LogP contribution in [-0.2, 0) is 7.05 Å². The lowest BCUT2D eigenvalue weighted by Gasteiger charge is -2.30. The van der Waals surface area contributed by atoms with Gasteiger partial charge in [-0.3, -0.25) is 19.6 Å². The third-order valence-corrected chi connectivity index (χ3v) is 3.84. The van der Waals surface area contributed by atoms with Crippen molar-refractivity contribution in [1.82, 2.24) is 15.1 Å². The summed E-state index contributed by atoms with van der Waals surface area (Å²) in [5.74, 6) is -1.94. The minimum atomic E-state index is -1.35. The highest BCUT2D eigenvalue weighted by Crippen LogP contribution is 2.33. The molecular weight excluding hydrogens is 340 g/mol. The summed E-state index contributed by atoms with van der Waals surface area (Å²) in [6, 6.07) is 2.68. The molecule has 2 rings (SSSR count). The number of carboxylic acids is 1. The van der Waals surface area contributed by atoms with Crippen LogP contribution in [0.4, 0.5) is 5.69 Å². The molecule has 1 amide bonds. The van der Waals surface area contributed by atoms with Crippen molar-refractivity contribution < 1.29 is 19.6 Å². The van der Waals surface area contributed by atoms with Crippen LogP contribution < -0.4 is 5.32 Å². The van der Waals surface area contributed by atoms with Gasteiger partial charge in [-0.25, -0.2) is 4.79 Å². The van der Waals surface area contributed by atoms with Crippen molar-refractivity contribution >= 4 is 17.6 Å². The Morgan fingerprint density at radius 1 is 1.27 bits per heavy atom. The number of nitro groups is 1. The Balaban J connectivity index is 2.40. The van der Waals surface area contributed by atoms with E-state index in [1.807, 2.05) is 20.8 Å². The Bertz CT molecular complexity index is 834. The minimum Gasteiger partial charge on any atom is -0.478 e. The van der Waals surface area contributed by atoms with Gasteiger partial charge in [-0.1, -0.05) is 20.8 Å². The summed E-state index contributed by atoms with van der Waals surface area (Å²) >= 11 is 0. The molecule has 1 heterocycles. The average molecular weight is 360 g/mol. The number of aromatic carboxylic acids is 1. The average Bonchev–Trinajstić information content (AvgIpc) is 2.96. The van der Waals surface area contributed by atoms with Crippen LogP contribution >= 0.6 is 0 Å². The van der Waals surface area contributed by atoms with Crippen molar-refractivity contribution in [2.45, 2.75) is 26.8 Å². The van der Waals surface area contributed by atoms with Gasteiger partial charge >= 0.3 is 5.97 Å². The number of aryl methyl sites for hydroxylation is 1. The molecule has 0 bridgehead atoms. The highest BCUT2D eigenvalue weighted by atomic mass is 16.6. The van der Waals surface area contributed by atoms with Gasteiger partial charge in [-0.05, 0) is 11.5 Å². The van der Waals surface area contributed by atoms with E-state index in [4.69, 9.17) is 5.11 Å². The third-order valence-electron chi connectivity index (χ3n) is 3.84. The molecule has 2 aromatic rings. The number of benzene rings is 1. The van der Waals surface area contributed by atoms with E-state index in [1.54, 1.807) is 24.1 Å². The topological polar surface area (TPSA) is 127 Å². The molecule has 0 radical (unpaired) electrons. The molecule has 9 heteroatoms. The number of amides is 1. The Morgan fingerprint density at radius 2 is 1.88 bits per heavy atom. The van der Waals surface area contributed by atoms with E-state index in [1.165, 1.54) is 0 Å². The predicted octanol–water partition coefficient (Wildman–Crippen LogP) is 2.54. The molecule has 0 saturated heterocycles. The van der Waals surface area contributed by atoms with Gasteiger partial charge in [0.05, 0.1) is 22.7 Å². The molecule has 9 nitrogen and oxygen atoms in total. The Morgan fingerprint density at radius 3 is 2.35 bits per heavy atom. The summed E-state index contributed by atoms with van der Waals surface area (Å²) < 4.78 is 1.61. The lowest BCUT2D eigenvalue weighted by atomic mass is 9.83. The van der Waals surface area contributed by atoms with Crippen molar-refractivity contribution in [2.75, 3.05) is 0 Å². The maximum atomic E-state index is 12.7. The number of nitrogens with zero attached hydrogens (tertiary/aromatic N) is 3. The van der Waals surface area contributed by atoms with Crippen molar-refractivity contribution in [3.63, 3.8) is 0 Å². The van der Waals surface area contributed by atoms with Crippen molar-refractivity contribution in [1.29, 1.82) is 0 Å². The number of nitrogens with one attached hydrogen (secondary N) is 1. The second-order valence-electron chi connectivity index (χ2n) is 7.05. The highest BCUT2D eigenvalue weighted by Gasteiger charge is 2.30. The van der Waals surface area contributed by atoms with Crippen LogP contribution in [0.3, 0.4) is 0 Å². The van der Waals surface area contributed by atoms with Crippen molar-refractivity contribution in [3.05, 3.63) is 57.4 Å². The molecule has 0 aliphatic carbocycles. The largest absolute Gasteiger partial charge is 0.478 e. The second kappa shape index (κ2) is 6.95. The van der Waals surface area contributed by atoms with Crippen LogP contribution in [0.2, 0.25) is 0 Å². The van der Waals surface area contributed by atoms with Gasteiger partial charge in [-0.2, -0.15) is 5.10 Å². The highest BCUT2D eigenvalue weighted by molar-refractivity contribution is 5.98. The first-order chi connectivity index (χ1) is 12.0. The molecule has 0 fully saturated rings. The molecular formula is C17H20N4O5. The maximum Gasteiger partial charge on any atom is 0.335 e.